The van der Waals surface area contributed by atoms with E-state index in [1.807, 2.05) is 123 Å². The van der Waals surface area contributed by atoms with Gasteiger partial charge >= 0.3 is 0 Å². The van der Waals surface area contributed by atoms with Crippen LogP contribution in [0.5, 0.6) is 0 Å². The number of nitrogens with zero attached hydrogens (tertiary/aromatic N) is 4. The number of hydrogen-bond acceptors (Lipinski definition) is 6. The fourth-order valence-electron chi connectivity index (χ4n) is 4.93. The summed E-state index contributed by atoms with van der Waals surface area (Å²) in [7, 11) is 0. The molecule has 2 unspecified atom stereocenters. The number of ketones is 1. The molecule has 1 fully saturated rings. The molecule has 2 atom stereocenters. The van der Waals surface area contributed by atoms with Crippen molar-refractivity contribution in [2.75, 3.05) is 6.54 Å². The highest BCUT2D eigenvalue weighted by atomic mass is 16.2. The Labute approximate surface area is 250 Å². The normalized spacial score (nSPS) is 17.3. The Hall–Kier alpha value is -5.50. The lowest BCUT2D eigenvalue weighted by Crippen LogP contribution is -2.39. The molecule has 1 heterocycles. The van der Waals surface area contributed by atoms with E-state index >= 15 is 0 Å². The molecule has 8 nitrogen and oxygen atoms in total. The maximum atomic E-state index is 13.7. The molecule has 1 saturated heterocycles. The second-order valence-corrected chi connectivity index (χ2v) is 10.3. The minimum Gasteiger partial charge on any atom is -0.319 e. The molecule has 2 amide bonds. The fraction of sp³-hybridized carbons (Fsp3) is 0.143. The maximum absolute atomic E-state index is 13.7. The van der Waals surface area contributed by atoms with Gasteiger partial charge in [0.2, 0.25) is 5.78 Å². The third kappa shape index (κ3) is 7.05. The zero-order valence-electron chi connectivity index (χ0n) is 23.9. The SMILES string of the molecule is Cc1ccc(/C=N/N=C(\c2ccccc2)C2C(=O)C(=O)N(CC(=O)N/N=C/c3ccc(C)cc3)C2c2ccccc2)cc1. The molecule has 43 heavy (non-hydrogen) atoms. The zero-order chi connectivity index (χ0) is 30.2. The van der Waals surface area contributed by atoms with Crippen molar-refractivity contribution >= 4 is 35.7 Å². The lowest BCUT2D eigenvalue weighted by Gasteiger charge is -2.27. The summed E-state index contributed by atoms with van der Waals surface area (Å²) in [6, 6.07) is 33.1. The van der Waals surface area contributed by atoms with Gasteiger partial charge in [0.1, 0.15) is 6.54 Å². The number of benzene rings is 4. The summed E-state index contributed by atoms with van der Waals surface area (Å²) in [6.07, 6.45) is 3.14. The van der Waals surface area contributed by atoms with Crippen LogP contribution in [-0.4, -0.2) is 47.2 Å². The first kappa shape index (κ1) is 29.0. The van der Waals surface area contributed by atoms with Crippen molar-refractivity contribution in [3.05, 3.63) is 143 Å². The highest BCUT2D eigenvalue weighted by Gasteiger charge is 2.51. The van der Waals surface area contributed by atoms with E-state index in [0.717, 1.165) is 22.3 Å². The van der Waals surface area contributed by atoms with Crippen LogP contribution in [0, 0.1) is 19.8 Å². The second kappa shape index (κ2) is 13.4. The van der Waals surface area contributed by atoms with Gasteiger partial charge in [-0.15, -0.1) is 0 Å². The van der Waals surface area contributed by atoms with E-state index in [-0.39, 0.29) is 6.54 Å². The van der Waals surface area contributed by atoms with Gasteiger partial charge in [-0.05, 0) is 36.1 Å². The van der Waals surface area contributed by atoms with Gasteiger partial charge < -0.3 is 4.90 Å². The van der Waals surface area contributed by atoms with E-state index in [0.29, 0.717) is 16.8 Å². The van der Waals surface area contributed by atoms with Gasteiger partial charge in [-0.1, -0.05) is 120 Å². The number of rotatable bonds is 9. The van der Waals surface area contributed by atoms with Crippen molar-refractivity contribution in [2.24, 2.45) is 21.2 Å². The van der Waals surface area contributed by atoms with Crippen LogP contribution in [0.1, 0.15) is 39.4 Å². The largest absolute Gasteiger partial charge is 0.319 e. The molecule has 0 radical (unpaired) electrons. The van der Waals surface area contributed by atoms with Crippen molar-refractivity contribution < 1.29 is 14.4 Å². The standard InChI is InChI=1S/C35H31N5O3/c1-24-13-17-26(18-14-24)21-36-38-30(41)23-40-33(29-11-7-4-8-12-29)31(34(42)35(40)43)32(28-9-5-3-6-10-28)39-37-22-27-19-15-25(2)16-20-27/h3-22,31,33H,23H2,1-2H3,(H,38,41)/b36-21+,37-22+,39-32+. The van der Waals surface area contributed by atoms with Gasteiger partial charge in [0.05, 0.1) is 30.1 Å². The first-order valence-electron chi connectivity index (χ1n) is 13.9. The van der Waals surface area contributed by atoms with Gasteiger partial charge in [-0.25, -0.2) is 5.43 Å². The van der Waals surface area contributed by atoms with E-state index < -0.39 is 29.6 Å². The summed E-state index contributed by atoms with van der Waals surface area (Å²) in [5.74, 6) is -2.93. The Morgan fingerprint density at radius 3 is 1.93 bits per heavy atom. The maximum Gasteiger partial charge on any atom is 0.291 e. The molecule has 0 bridgehead atoms. The number of nitrogens with one attached hydrogen (secondary N) is 1. The zero-order valence-corrected chi connectivity index (χ0v) is 23.9. The van der Waals surface area contributed by atoms with Gasteiger partial charge in [0.25, 0.3) is 11.8 Å². The number of hydrazone groups is 1. The van der Waals surface area contributed by atoms with Crippen LogP contribution >= 0.6 is 0 Å². The molecule has 8 heteroatoms. The van der Waals surface area contributed by atoms with Crippen molar-refractivity contribution in [3.8, 4) is 0 Å². The molecule has 0 spiro atoms. The van der Waals surface area contributed by atoms with E-state index in [2.05, 4.69) is 20.7 Å². The van der Waals surface area contributed by atoms with Gasteiger partial charge in [0, 0.05) is 0 Å². The Morgan fingerprint density at radius 1 is 0.767 bits per heavy atom. The molecule has 1 N–H and O–H groups in total. The Balaban J connectivity index is 1.47. The number of amides is 2. The molecular weight excluding hydrogens is 538 g/mol. The number of carbonyl (C=O) groups excluding carboxylic acids is 3. The monoisotopic (exact) mass is 569 g/mol. The molecule has 4 aromatic rings. The third-order valence-corrected chi connectivity index (χ3v) is 7.15. The Kier molecular flexibility index (Phi) is 9.07. The second-order valence-electron chi connectivity index (χ2n) is 10.3. The summed E-state index contributed by atoms with van der Waals surface area (Å²) in [5, 5.41) is 12.9. The summed E-state index contributed by atoms with van der Waals surface area (Å²) < 4.78 is 0. The predicted molar refractivity (Wildman–Crippen MR) is 168 cm³/mol. The smallest absolute Gasteiger partial charge is 0.291 e. The quantitative estimate of drug-likeness (QED) is 0.173. The molecular formula is C35H31N5O3. The summed E-state index contributed by atoms with van der Waals surface area (Å²) >= 11 is 0. The van der Waals surface area contributed by atoms with Crippen molar-refractivity contribution in [1.82, 2.24) is 10.3 Å². The molecule has 0 aromatic heterocycles. The van der Waals surface area contributed by atoms with Crippen LogP contribution < -0.4 is 5.43 Å². The fourth-order valence-corrected chi connectivity index (χ4v) is 4.93. The van der Waals surface area contributed by atoms with Crippen LogP contribution in [0.4, 0.5) is 0 Å². The molecule has 0 aliphatic carbocycles. The predicted octanol–water partition coefficient (Wildman–Crippen LogP) is 5.05. The first-order valence-corrected chi connectivity index (χ1v) is 13.9. The van der Waals surface area contributed by atoms with E-state index in [1.165, 1.54) is 11.1 Å². The highest BCUT2D eigenvalue weighted by Crippen LogP contribution is 2.38. The topological polar surface area (TPSA) is 104 Å². The van der Waals surface area contributed by atoms with Crippen LogP contribution in [0.15, 0.2) is 124 Å². The number of carbonyl (C=O) groups is 3. The summed E-state index contributed by atoms with van der Waals surface area (Å²) in [5.41, 5.74) is 8.08. The highest BCUT2D eigenvalue weighted by molar-refractivity contribution is 6.44. The van der Waals surface area contributed by atoms with Gasteiger partial charge in [-0.3, -0.25) is 14.4 Å². The lowest BCUT2D eigenvalue weighted by atomic mass is 9.85. The Morgan fingerprint density at radius 2 is 1.33 bits per heavy atom. The number of Topliss-reactive ketones (excluding diaryl/α,β-unsaturated/α-hetero) is 1. The number of aryl methyl sites for hydroxylation is 2. The Bertz CT molecular complexity index is 1680. The van der Waals surface area contributed by atoms with Gasteiger partial charge in [0.15, 0.2) is 0 Å². The van der Waals surface area contributed by atoms with Crippen LogP contribution in [0.3, 0.4) is 0 Å². The molecule has 214 valence electrons. The number of hydrogen-bond donors (Lipinski definition) is 1. The van der Waals surface area contributed by atoms with Gasteiger partial charge in [-0.2, -0.15) is 15.3 Å². The minimum absolute atomic E-state index is 0.344. The third-order valence-electron chi connectivity index (χ3n) is 7.15. The van der Waals surface area contributed by atoms with Crippen molar-refractivity contribution in [3.63, 3.8) is 0 Å². The summed E-state index contributed by atoms with van der Waals surface area (Å²) in [4.78, 5) is 41.5. The molecule has 0 saturated carbocycles. The average molecular weight is 570 g/mol. The molecule has 1 aliphatic heterocycles. The molecule has 5 rings (SSSR count). The van der Waals surface area contributed by atoms with Crippen LogP contribution in [-0.2, 0) is 14.4 Å². The molecule has 4 aromatic carbocycles. The van der Waals surface area contributed by atoms with E-state index in [9.17, 15) is 14.4 Å². The summed E-state index contributed by atoms with van der Waals surface area (Å²) in [6.45, 7) is 3.62. The van der Waals surface area contributed by atoms with E-state index in [4.69, 9.17) is 0 Å². The number of likely N-dealkylation sites (tertiary alicyclic amines) is 1. The van der Waals surface area contributed by atoms with Crippen LogP contribution in [0.25, 0.3) is 0 Å². The van der Waals surface area contributed by atoms with Crippen LogP contribution in [0.2, 0.25) is 0 Å². The minimum atomic E-state index is -0.990. The van der Waals surface area contributed by atoms with Crippen molar-refractivity contribution in [1.29, 1.82) is 0 Å². The van der Waals surface area contributed by atoms with Crippen molar-refractivity contribution in [2.45, 2.75) is 19.9 Å². The first-order chi connectivity index (χ1) is 20.9. The molecule has 1 aliphatic rings. The average Bonchev–Trinajstić information content (AvgIpc) is 3.27. The lowest BCUT2D eigenvalue weighted by molar-refractivity contribution is -0.142. The van der Waals surface area contributed by atoms with E-state index in [1.54, 1.807) is 6.21 Å².